The standard InChI is InChI=1S/C7H9FN6/c1-3(2)14-6-4(12-13-14)5(9)10-7(8)11-6/h3H,1-2H3,(H2,9,10,11). The number of rotatable bonds is 1. The summed E-state index contributed by atoms with van der Waals surface area (Å²) in [4.78, 5) is 6.96. The van der Waals surface area contributed by atoms with Gasteiger partial charge in [0.05, 0.1) is 6.04 Å². The molecule has 0 amide bonds. The molecule has 7 heteroatoms. The predicted molar refractivity (Wildman–Crippen MR) is 47.9 cm³/mol. The van der Waals surface area contributed by atoms with Gasteiger partial charge in [0.1, 0.15) is 0 Å². The fraction of sp³-hybridized carbons (Fsp3) is 0.429. The van der Waals surface area contributed by atoms with Gasteiger partial charge in [-0.15, -0.1) is 5.10 Å². The molecule has 0 radical (unpaired) electrons. The summed E-state index contributed by atoms with van der Waals surface area (Å²) in [6.07, 6.45) is -0.862. The number of halogens is 1. The van der Waals surface area contributed by atoms with E-state index in [0.29, 0.717) is 11.2 Å². The number of fused-ring (bicyclic) bond motifs is 1. The first-order chi connectivity index (χ1) is 6.59. The first-order valence-electron chi connectivity index (χ1n) is 4.13. The van der Waals surface area contributed by atoms with Gasteiger partial charge < -0.3 is 5.73 Å². The Hall–Kier alpha value is -1.79. The minimum Gasteiger partial charge on any atom is -0.382 e. The fourth-order valence-electron chi connectivity index (χ4n) is 1.17. The highest BCUT2D eigenvalue weighted by molar-refractivity contribution is 5.80. The van der Waals surface area contributed by atoms with Crippen LogP contribution in [-0.4, -0.2) is 25.0 Å². The van der Waals surface area contributed by atoms with Gasteiger partial charge in [-0.3, -0.25) is 0 Å². The third kappa shape index (κ3) is 1.17. The number of anilines is 1. The number of aromatic nitrogens is 5. The van der Waals surface area contributed by atoms with Gasteiger partial charge in [-0.25, -0.2) is 4.68 Å². The van der Waals surface area contributed by atoms with Gasteiger partial charge >= 0.3 is 6.08 Å². The molecular formula is C7H9FN6. The quantitative estimate of drug-likeness (QED) is 0.672. The van der Waals surface area contributed by atoms with Crippen molar-refractivity contribution in [2.75, 3.05) is 5.73 Å². The van der Waals surface area contributed by atoms with E-state index in [1.807, 2.05) is 13.8 Å². The highest BCUT2D eigenvalue weighted by atomic mass is 19.1. The van der Waals surface area contributed by atoms with E-state index in [1.54, 1.807) is 0 Å². The molecule has 0 aromatic carbocycles. The van der Waals surface area contributed by atoms with Crippen LogP contribution in [0.25, 0.3) is 11.2 Å². The molecule has 0 aliphatic carbocycles. The number of nitrogens with two attached hydrogens (primary N) is 1. The zero-order chi connectivity index (χ0) is 10.3. The van der Waals surface area contributed by atoms with E-state index in [-0.39, 0.29) is 11.9 Å². The van der Waals surface area contributed by atoms with Crippen molar-refractivity contribution in [2.24, 2.45) is 0 Å². The van der Waals surface area contributed by atoms with Crippen molar-refractivity contribution < 1.29 is 4.39 Å². The number of nitrogen functional groups attached to an aromatic ring is 1. The predicted octanol–water partition coefficient (Wildman–Crippen LogP) is 0.524. The number of hydrogen-bond acceptors (Lipinski definition) is 5. The molecule has 0 spiro atoms. The number of nitrogens with zero attached hydrogens (tertiary/aromatic N) is 5. The Morgan fingerprint density at radius 1 is 1.36 bits per heavy atom. The monoisotopic (exact) mass is 196 g/mol. The lowest BCUT2D eigenvalue weighted by Gasteiger charge is -2.03. The maximum atomic E-state index is 12.8. The smallest absolute Gasteiger partial charge is 0.312 e. The van der Waals surface area contributed by atoms with Crippen molar-refractivity contribution in [3.8, 4) is 0 Å². The first-order valence-corrected chi connectivity index (χ1v) is 4.13. The van der Waals surface area contributed by atoms with Gasteiger partial charge in [-0.2, -0.15) is 14.4 Å². The Morgan fingerprint density at radius 3 is 2.71 bits per heavy atom. The fourth-order valence-corrected chi connectivity index (χ4v) is 1.17. The zero-order valence-electron chi connectivity index (χ0n) is 7.77. The third-order valence-corrected chi connectivity index (χ3v) is 1.81. The molecule has 74 valence electrons. The molecule has 0 saturated carbocycles. The van der Waals surface area contributed by atoms with Crippen LogP contribution in [0.15, 0.2) is 0 Å². The normalized spacial score (nSPS) is 11.4. The molecule has 0 saturated heterocycles. The number of hydrogen-bond donors (Lipinski definition) is 1. The van der Waals surface area contributed by atoms with E-state index in [9.17, 15) is 4.39 Å². The largest absolute Gasteiger partial charge is 0.382 e. The maximum absolute atomic E-state index is 12.8. The third-order valence-electron chi connectivity index (χ3n) is 1.81. The van der Waals surface area contributed by atoms with Gasteiger partial charge in [-0.05, 0) is 13.8 Å². The molecule has 0 bridgehead atoms. The first kappa shape index (κ1) is 8.79. The topological polar surface area (TPSA) is 82.5 Å². The Balaban J connectivity index is 2.78. The second-order valence-corrected chi connectivity index (χ2v) is 3.18. The Bertz CT molecular complexity index is 476. The molecule has 0 unspecified atom stereocenters. The van der Waals surface area contributed by atoms with Crippen LogP contribution in [0, 0.1) is 6.08 Å². The van der Waals surface area contributed by atoms with Crippen LogP contribution in [0.3, 0.4) is 0 Å². The summed E-state index contributed by atoms with van der Waals surface area (Å²) in [6.45, 7) is 3.79. The molecule has 14 heavy (non-hydrogen) atoms. The Kier molecular flexibility index (Phi) is 1.80. The Labute approximate surface area is 78.9 Å². The second-order valence-electron chi connectivity index (χ2n) is 3.18. The van der Waals surface area contributed by atoms with Crippen molar-refractivity contribution in [2.45, 2.75) is 19.9 Å². The summed E-state index contributed by atoms with van der Waals surface area (Å²) in [5.41, 5.74) is 6.12. The van der Waals surface area contributed by atoms with E-state index in [0.717, 1.165) is 0 Å². The Morgan fingerprint density at radius 2 is 2.07 bits per heavy atom. The molecule has 0 fully saturated rings. The summed E-state index contributed by atoms with van der Waals surface area (Å²) in [5, 5.41) is 7.59. The summed E-state index contributed by atoms with van der Waals surface area (Å²) in [6, 6.07) is 0.0497. The van der Waals surface area contributed by atoms with E-state index >= 15 is 0 Å². The van der Waals surface area contributed by atoms with Crippen molar-refractivity contribution in [1.29, 1.82) is 0 Å². The van der Waals surface area contributed by atoms with Crippen LogP contribution in [0.5, 0.6) is 0 Å². The van der Waals surface area contributed by atoms with E-state index in [2.05, 4.69) is 20.3 Å². The summed E-state index contributed by atoms with van der Waals surface area (Å²) in [7, 11) is 0. The van der Waals surface area contributed by atoms with Crippen LogP contribution in [0.2, 0.25) is 0 Å². The van der Waals surface area contributed by atoms with Gasteiger partial charge in [0.15, 0.2) is 17.0 Å². The van der Waals surface area contributed by atoms with Gasteiger partial charge in [0, 0.05) is 0 Å². The van der Waals surface area contributed by atoms with Crippen LogP contribution >= 0.6 is 0 Å². The molecule has 2 rings (SSSR count). The molecule has 2 aromatic heterocycles. The average Bonchev–Trinajstić information content (AvgIpc) is 2.47. The summed E-state index contributed by atoms with van der Waals surface area (Å²) >= 11 is 0. The highest BCUT2D eigenvalue weighted by Gasteiger charge is 2.13. The molecule has 0 aliphatic heterocycles. The second kappa shape index (κ2) is 2.86. The zero-order valence-corrected chi connectivity index (χ0v) is 7.77. The van der Waals surface area contributed by atoms with Crippen molar-refractivity contribution in [3.05, 3.63) is 6.08 Å². The van der Waals surface area contributed by atoms with Gasteiger partial charge in [0.2, 0.25) is 0 Å². The van der Waals surface area contributed by atoms with Crippen molar-refractivity contribution in [3.63, 3.8) is 0 Å². The molecule has 0 atom stereocenters. The van der Waals surface area contributed by atoms with Crippen molar-refractivity contribution >= 4 is 17.0 Å². The van der Waals surface area contributed by atoms with Crippen molar-refractivity contribution in [1.82, 2.24) is 25.0 Å². The summed E-state index contributed by atoms with van der Waals surface area (Å²) in [5.74, 6) is 0.0133. The molecule has 6 nitrogen and oxygen atoms in total. The molecule has 2 heterocycles. The lowest BCUT2D eigenvalue weighted by Crippen LogP contribution is -2.05. The minimum atomic E-state index is -0.862. The minimum absolute atomic E-state index is 0.0133. The van der Waals surface area contributed by atoms with E-state index in [4.69, 9.17) is 5.73 Å². The van der Waals surface area contributed by atoms with Crippen LogP contribution in [-0.2, 0) is 0 Å². The lowest BCUT2D eigenvalue weighted by molar-refractivity contribution is 0.511. The maximum Gasteiger partial charge on any atom is 0.312 e. The SMILES string of the molecule is CC(C)n1nnc2c(N)nc(F)nc21. The lowest BCUT2D eigenvalue weighted by atomic mass is 10.4. The molecular weight excluding hydrogens is 187 g/mol. The van der Waals surface area contributed by atoms with Crippen LogP contribution in [0.4, 0.5) is 10.2 Å². The van der Waals surface area contributed by atoms with E-state index in [1.165, 1.54) is 4.68 Å². The molecule has 2 N–H and O–H groups in total. The molecule has 0 aliphatic rings. The highest BCUT2D eigenvalue weighted by Crippen LogP contribution is 2.16. The van der Waals surface area contributed by atoms with Crippen LogP contribution < -0.4 is 5.73 Å². The molecule has 2 aromatic rings. The summed E-state index contributed by atoms with van der Waals surface area (Å²) < 4.78 is 14.3. The van der Waals surface area contributed by atoms with Crippen LogP contribution in [0.1, 0.15) is 19.9 Å². The van der Waals surface area contributed by atoms with Gasteiger partial charge in [-0.1, -0.05) is 5.21 Å². The van der Waals surface area contributed by atoms with Gasteiger partial charge in [0.25, 0.3) is 0 Å². The van der Waals surface area contributed by atoms with E-state index < -0.39 is 6.08 Å². The average molecular weight is 196 g/mol.